The zero-order chi connectivity index (χ0) is 20.1. The number of benzene rings is 1. The smallest absolute Gasteiger partial charge is 0.247 e. The highest BCUT2D eigenvalue weighted by Crippen LogP contribution is 2.23. The first-order chi connectivity index (χ1) is 12.8. The van der Waals surface area contributed by atoms with E-state index in [2.05, 4.69) is 5.32 Å². The van der Waals surface area contributed by atoms with Crippen molar-refractivity contribution in [1.29, 1.82) is 0 Å². The summed E-state index contributed by atoms with van der Waals surface area (Å²) in [5.74, 6) is -12.5. The minimum Gasteiger partial charge on any atom is -0.394 e. The summed E-state index contributed by atoms with van der Waals surface area (Å²) in [6.45, 7) is 0.339. The molecule has 0 radical (unpaired) electrons. The van der Waals surface area contributed by atoms with Crippen LogP contribution in [0.15, 0.2) is 6.08 Å². The number of nitrogens with one attached hydrogen (secondary N) is 1. The number of halogens is 5. The van der Waals surface area contributed by atoms with Crippen molar-refractivity contribution in [2.75, 3.05) is 32.9 Å². The molecule has 27 heavy (non-hydrogen) atoms. The van der Waals surface area contributed by atoms with Crippen LogP contribution in [0, 0.1) is 29.1 Å². The van der Waals surface area contributed by atoms with Crippen molar-refractivity contribution in [3.8, 4) is 0 Å². The number of carbonyl (C=O) groups excluding carboxylic acids is 2. The van der Waals surface area contributed by atoms with Crippen molar-refractivity contribution in [2.24, 2.45) is 0 Å². The molecule has 1 heterocycles. The Balaban J connectivity index is 2.11. The minimum absolute atomic E-state index is 0.256. The Morgan fingerprint density at radius 2 is 1.56 bits per heavy atom. The lowest BCUT2D eigenvalue weighted by atomic mass is 10.1. The molecule has 2 amide bonds. The number of aliphatic hydroxyl groups excluding tert-OH is 1. The molecule has 0 saturated carbocycles. The summed E-state index contributed by atoms with van der Waals surface area (Å²) in [5.41, 5.74) is -1.30. The number of hydrogen-bond acceptors (Lipinski definition) is 4. The van der Waals surface area contributed by atoms with Crippen molar-refractivity contribution < 1.29 is 41.4 Å². The van der Waals surface area contributed by atoms with Gasteiger partial charge in [0.2, 0.25) is 17.6 Å². The summed E-state index contributed by atoms with van der Waals surface area (Å²) in [6.07, 6.45) is 0.882. The second kappa shape index (κ2) is 8.91. The molecule has 0 spiro atoms. The van der Waals surface area contributed by atoms with Crippen LogP contribution in [0.1, 0.15) is 5.56 Å². The van der Waals surface area contributed by atoms with E-state index in [1.165, 1.54) is 4.90 Å². The number of rotatable bonds is 5. The molecule has 0 aromatic heterocycles. The van der Waals surface area contributed by atoms with Crippen LogP contribution in [0.5, 0.6) is 0 Å². The van der Waals surface area contributed by atoms with E-state index in [1.54, 1.807) is 0 Å². The maximum Gasteiger partial charge on any atom is 0.247 e. The average Bonchev–Trinajstić information content (AvgIpc) is 2.69. The van der Waals surface area contributed by atoms with Crippen LogP contribution in [-0.4, -0.2) is 60.8 Å². The van der Waals surface area contributed by atoms with E-state index in [1.807, 2.05) is 0 Å². The molecule has 1 fully saturated rings. The Morgan fingerprint density at radius 1 is 1.04 bits per heavy atom. The van der Waals surface area contributed by atoms with Crippen molar-refractivity contribution in [3.05, 3.63) is 40.7 Å². The number of morpholine rings is 1. The molecule has 1 unspecified atom stereocenters. The van der Waals surface area contributed by atoms with Gasteiger partial charge < -0.3 is 20.1 Å². The molecule has 0 aliphatic carbocycles. The van der Waals surface area contributed by atoms with E-state index in [-0.39, 0.29) is 26.3 Å². The Hall–Kier alpha value is -2.53. The van der Waals surface area contributed by atoms with E-state index in [4.69, 9.17) is 4.74 Å². The predicted molar refractivity (Wildman–Crippen MR) is 81.7 cm³/mol. The summed E-state index contributed by atoms with van der Waals surface area (Å²) >= 11 is 0. The SMILES string of the molecule is O=C(C=Cc1c(F)c(F)c(F)c(F)c1F)NC(CO)C(=O)N1CCOCC1. The summed E-state index contributed by atoms with van der Waals surface area (Å²) < 4.78 is 71.3. The second-order valence-corrected chi connectivity index (χ2v) is 5.50. The highest BCUT2D eigenvalue weighted by Gasteiger charge is 2.27. The van der Waals surface area contributed by atoms with Gasteiger partial charge in [0.15, 0.2) is 23.3 Å². The number of aliphatic hydroxyl groups is 1. The summed E-state index contributed by atoms with van der Waals surface area (Å²) in [5, 5.41) is 11.4. The first kappa shape index (κ1) is 20.8. The number of amides is 2. The molecule has 1 aromatic rings. The monoisotopic (exact) mass is 394 g/mol. The molecule has 2 N–H and O–H groups in total. The van der Waals surface area contributed by atoms with Crippen molar-refractivity contribution >= 4 is 17.9 Å². The van der Waals surface area contributed by atoms with Gasteiger partial charge in [-0.1, -0.05) is 0 Å². The molecule has 2 rings (SSSR count). The summed E-state index contributed by atoms with van der Waals surface area (Å²) in [4.78, 5) is 25.4. The fraction of sp³-hybridized carbons (Fsp3) is 0.375. The molecule has 1 aromatic carbocycles. The molecular formula is C16H15F5N2O4. The quantitative estimate of drug-likeness (QED) is 0.334. The van der Waals surface area contributed by atoms with E-state index in [0.717, 1.165) is 0 Å². The third kappa shape index (κ3) is 4.61. The molecule has 148 valence electrons. The average molecular weight is 394 g/mol. The fourth-order valence-electron chi connectivity index (χ4n) is 2.34. The highest BCUT2D eigenvalue weighted by molar-refractivity contribution is 5.95. The lowest BCUT2D eigenvalue weighted by molar-refractivity contribution is -0.140. The van der Waals surface area contributed by atoms with Gasteiger partial charge in [-0.15, -0.1) is 0 Å². The van der Waals surface area contributed by atoms with E-state index in [0.29, 0.717) is 12.2 Å². The molecule has 0 bridgehead atoms. The Morgan fingerprint density at radius 3 is 2.07 bits per heavy atom. The molecule has 1 aliphatic rings. The van der Waals surface area contributed by atoms with Gasteiger partial charge >= 0.3 is 0 Å². The first-order valence-electron chi connectivity index (χ1n) is 7.75. The van der Waals surface area contributed by atoms with Gasteiger partial charge in [0.05, 0.1) is 25.4 Å². The third-order valence-electron chi connectivity index (χ3n) is 3.77. The van der Waals surface area contributed by atoms with E-state index < -0.39 is 59.1 Å². The minimum atomic E-state index is -2.32. The van der Waals surface area contributed by atoms with Crippen LogP contribution in [0.4, 0.5) is 22.0 Å². The van der Waals surface area contributed by atoms with Crippen molar-refractivity contribution in [1.82, 2.24) is 10.2 Å². The number of carbonyl (C=O) groups is 2. The number of hydrogen-bond donors (Lipinski definition) is 2. The molecule has 11 heteroatoms. The van der Waals surface area contributed by atoms with Gasteiger partial charge in [-0.3, -0.25) is 9.59 Å². The Labute approximate surface area is 150 Å². The molecular weight excluding hydrogens is 379 g/mol. The Bertz CT molecular complexity index is 737. The number of ether oxygens (including phenoxy) is 1. The zero-order valence-electron chi connectivity index (χ0n) is 13.8. The van der Waals surface area contributed by atoms with Gasteiger partial charge in [0.1, 0.15) is 6.04 Å². The third-order valence-corrected chi connectivity index (χ3v) is 3.77. The van der Waals surface area contributed by atoms with Crippen LogP contribution in [-0.2, 0) is 14.3 Å². The summed E-state index contributed by atoms with van der Waals surface area (Å²) in [7, 11) is 0. The first-order valence-corrected chi connectivity index (χ1v) is 7.75. The normalized spacial score (nSPS) is 15.9. The molecule has 6 nitrogen and oxygen atoms in total. The lowest BCUT2D eigenvalue weighted by Gasteiger charge is -2.29. The van der Waals surface area contributed by atoms with Gasteiger partial charge in [0, 0.05) is 19.2 Å². The van der Waals surface area contributed by atoms with Gasteiger partial charge in [-0.25, -0.2) is 22.0 Å². The van der Waals surface area contributed by atoms with Crippen molar-refractivity contribution in [3.63, 3.8) is 0 Å². The lowest BCUT2D eigenvalue weighted by Crippen LogP contribution is -2.53. The molecule has 1 aliphatic heterocycles. The highest BCUT2D eigenvalue weighted by atomic mass is 19.2. The summed E-state index contributed by atoms with van der Waals surface area (Å²) in [6, 6.07) is -1.34. The van der Waals surface area contributed by atoms with Gasteiger partial charge in [0.25, 0.3) is 0 Å². The maximum atomic E-state index is 13.5. The molecule has 1 atom stereocenters. The topological polar surface area (TPSA) is 78.9 Å². The standard InChI is InChI=1S/C16H15F5N2O4/c17-11-8(12(18)14(20)15(21)13(11)19)1-2-10(25)22-9(7-24)16(26)23-3-5-27-6-4-23/h1-2,9,24H,3-7H2,(H,22,25). The predicted octanol–water partition coefficient (Wildman–Crippen LogP) is 0.731. The zero-order valence-corrected chi connectivity index (χ0v) is 13.8. The largest absolute Gasteiger partial charge is 0.394 e. The van der Waals surface area contributed by atoms with Crippen molar-refractivity contribution in [2.45, 2.75) is 6.04 Å². The second-order valence-electron chi connectivity index (χ2n) is 5.50. The van der Waals surface area contributed by atoms with Crippen LogP contribution in [0.2, 0.25) is 0 Å². The van der Waals surface area contributed by atoms with Gasteiger partial charge in [-0.2, -0.15) is 0 Å². The Kier molecular flexibility index (Phi) is 6.86. The van der Waals surface area contributed by atoms with Crippen LogP contribution >= 0.6 is 0 Å². The van der Waals surface area contributed by atoms with Gasteiger partial charge in [-0.05, 0) is 6.08 Å². The van der Waals surface area contributed by atoms with E-state index in [9.17, 15) is 36.6 Å². The van der Waals surface area contributed by atoms with Crippen LogP contribution in [0.25, 0.3) is 6.08 Å². The fourth-order valence-corrected chi connectivity index (χ4v) is 2.34. The maximum absolute atomic E-state index is 13.5. The van der Waals surface area contributed by atoms with Crippen LogP contribution < -0.4 is 5.32 Å². The molecule has 1 saturated heterocycles. The van der Waals surface area contributed by atoms with E-state index >= 15 is 0 Å². The number of nitrogens with zero attached hydrogens (tertiary/aromatic N) is 1. The van der Waals surface area contributed by atoms with Crippen LogP contribution in [0.3, 0.4) is 0 Å².